The van der Waals surface area contributed by atoms with E-state index >= 15 is 0 Å². The molecule has 4 aromatic heterocycles. The van der Waals surface area contributed by atoms with Gasteiger partial charge in [0, 0.05) is 49.0 Å². The van der Waals surface area contributed by atoms with Crippen LogP contribution in [0.25, 0.3) is 117 Å². The minimum absolute atomic E-state index is 0.579. The lowest BCUT2D eigenvalue weighted by Gasteiger charge is -2.24. The van der Waals surface area contributed by atoms with Gasteiger partial charge in [0.15, 0.2) is 17.5 Å². The van der Waals surface area contributed by atoms with Gasteiger partial charge in [-0.1, -0.05) is 170 Å². The van der Waals surface area contributed by atoms with Gasteiger partial charge in [-0.2, -0.15) is 0 Å². The van der Waals surface area contributed by atoms with Gasteiger partial charge < -0.3 is 13.7 Å². The van der Waals surface area contributed by atoms with E-state index in [1.807, 2.05) is 36.4 Å². The summed E-state index contributed by atoms with van der Waals surface area (Å²) in [6, 6.07) is 77.5. The Hall–Kier alpha value is -8.61. The topological polar surface area (TPSA) is 53.5 Å². The number of benzene rings is 9. The summed E-state index contributed by atoms with van der Waals surface area (Å²) in [6.07, 6.45) is 0. The van der Waals surface area contributed by atoms with Gasteiger partial charge in [0.25, 0.3) is 0 Å². The first-order valence-electron chi connectivity index (χ1n) is 21.3. The van der Waals surface area contributed by atoms with E-state index in [0.717, 1.165) is 66.9 Å². The van der Waals surface area contributed by atoms with Gasteiger partial charge in [0.05, 0.1) is 50.2 Å². The Kier molecular flexibility index (Phi) is 7.80. The lowest BCUT2D eigenvalue weighted by Crippen LogP contribution is -2.12. The van der Waals surface area contributed by atoms with Gasteiger partial charge in [-0.15, -0.1) is 0 Å². The van der Waals surface area contributed by atoms with Crippen molar-refractivity contribution in [2.75, 3.05) is 0 Å². The standard InChI is InChI=1S/C57H36N6/c1-3-19-37(20-4-1)55-58-56(38-21-5-2-6-22-38)60-57(59-55)45-35-36-52(61-46-29-13-7-23-39(46)40-24-8-14-30-47(40)61)54(63-50-33-17-11-27-43(50)44-28-12-18-34-51(44)63)53(45)62-48-31-15-9-25-41(48)42-26-10-16-32-49(42)62/h1-36H. The second kappa shape index (κ2) is 14.0. The number of rotatable bonds is 6. The van der Waals surface area contributed by atoms with Gasteiger partial charge >= 0.3 is 0 Å². The number of aromatic nitrogens is 6. The number of hydrogen-bond donors (Lipinski definition) is 0. The first-order valence-corrected chi connectivity index (χ1v) is 21.3. The minimum atomic E-state index is 0.579. The fourth-order valence-corrected chi connectivity index (χ4v) is 9.81. The molecule has 0 atom stereocenters. The van der Waals surface area contributed by atoms with Crippen LogP contribution in [0.2, 0.25) is 0 Å². The van der Waals surface area contributed by atoms with Gasteiger partial charge in [-0.3, -0.25) is 0 Å². The van der Waals surface area contributed by atoms with Crippen molar-refractivity contribution in [2.45, 2.75) is 0 Å². The van der Waals surface area contributed by atoms with E-state index in [2.05, 4.69) is 196 Å². The van der Waals surface area contributed by atoms with Gasteiger partial charge in [-0.25, -0.2) is 15.0 Å². The molecule has 9 aromatic carbocycles. The Morgan fingerprint density at radius 2 is 0.540 bits per heavy atom. The van der Waals surface area contributed by atoms with E-state index in [1.54, 1.807) is 0 Å². The molecule has 13 aromatic rings. The number of fused-ring (bicyclic) bond motifs is 9. The zero-order chi connectivity index (χ0) is 41.4. The summed E-state index contributed by atoms with van der Waals surface area (Å²) in [6.45, 7) is 0. The van der Waals surface area contributed by atoms with E-state index < -0.39 is 0 Å². The third-order valence-corrected chi connectivity index (χ3v) is 12.5. The predicted octanol–water partition coefficient (Wildman–Crippen LogP) is 14.2. The predicted molar refractivity (Wildman–Crippen MR) is 259 cm³/mol. The summed E-state index contributed by atoms with van der Waals surface area (Å²) in [5, 5.41) is 7.08. The average Bonchev–Trinajstić information content (AvgIpc) is 4.00. The van der Waals surface area contributed by atoms with Crippen molar-refractivity contribution in [3.8, 4) is 51.2 Å². The number of hydrogen-bond acceptors (Lipinski definition) is 3. The maximum Gasteiger partial charge on any atom is 0.166 e. The third-order valence-electron chi connectivity index (χ3n) is 12.5. The molecule has 0 radical (unpaired) electrons. The zero-order valence-electron chi connectivity index (χ0n) is 34.0. The molecule has 0 amide bonds. The van der Waals surface area contributed by atoms with E-state index in [9.17, 15) is 0 Å². The molecule has 6 nitrogen and oxygen atoms in total. The molecule has 6 heteroatoms. The first-order chi connectivity index (χ1) is 31.3. The first kappa shape index (κ1) is 35.2. The molecule has 4 heterocycles. The monoisotopic (exact) mass is 804 g/mol. The molecular weight excluding hydrogens is 769 g/mol. The maximum absolute atomic E-state index is 5.42. The molecule has 0 unspecified atom stereocenters. The maximum atomic E-state index is 5.42. The molecule has 294 valence electrons. The molecule has 13 rings (SSSR count). The summed E-state index contributed by atoms with van der Waals surface area (Å²) in [7, 11) is 0. The molecule has 63 heavy (non-hydrogen) atoms. The summed E-state index contributed by atoms with van der Waals surface area (Å²) < 4.78 is 7.37. The smallest absolute Gasteiger partial charge is 0.166 e. The molecule has 0 N–H and O–H groups in total. The van der Waals surface area contributed by atoms with Crippen LogP contribution in [0.1, 0.15) is 0 Å². The van der Waals surface area contributed by atoms with E-state index in [-0.39, 0.29) is 0 Å². The highest BCUT2D eigenvalue weighted by atomic mass is 15.1. The molecule has 0 saturated heterocycles. The molecule has 0 saturated carbocycles. The minimum Gasteiger partial charge on any atom is -0.307 e. The molecule has 0 aliphatic rings. The van der Waals surface area contributed by atoms with Crippen molar-refractivity contribution in [3.05, 3.63) is 218 Å². The Morgan fingerprint density at radius 3 is 0.921 bits per heavy atom. The van der Waals surface area contributed by atoms with Gasteiger partial charge in [-0.05, 0) is 48.5 Å². The van der Waals surface area contributed by atoms with E-state index in [0.29, 0.717) is 17.5 Å². The van der Waals surface area contributed by atoms with Crippen LogP contribution in [-0.4, -0.2) is 28.7 Å². The largest absolute Gasteiger partial charge is 0.307 e. The Morgan fingerprint density at radius 1 is 0.238 bits per heavy atom. The summed E-state index contributed by atoms with van der Waals surface area (Å²) >= 11 is 0. The molecule has 0 aliphatic carbocycles. The van der Waals surface area contributed by atoms with Crippen LogP contribution in [0.5, 0.6) is 0 Å². The Bertz CT molecular complexity index is 3700. The van der Waals surface area contributed by atoms with Gasteiger partial charge in [0.2, 0.25) is 0 Å². The van der Waals surface area contributed by atoms with Crippen LogP contribution in [-0.2, 0) is 0 Å². The Labute approximate surface area is 362 Å². The summed E-state index contributed by atoms with van der Waals surface area (Å²) in [4.78, 5) is 16.0. The van der Waals surface area contributed by atoms with Gasteiger partial charge in [0.1, 0.15) is 0 Å². The molecule has 0 bridgehead atoms. The third kappa shape index (κ3) is 5.35. The second-order valence-corrected chi connectivity index (χ2v) is 16.0. The van der Waals surface area contributed by atoms with Crippen molar-refractivity contribution in [2.24, 2.45) is 0 Å². The fourth-order valence-electron chi connectivity index (χ4n) is 9.81. The van der Waals surface area contributed by atoms with Crippen LogP contribution < -0.4 is 0 Å². The van der Waals surface area contributed by atoms with Crippen molar-refractivity contribution < 1.29 is 0 Å². The number of nitrogens with zero attached hydrogens (tertiary/aromatic N) is 6. The lowest BCUT2D eigenvalue weighted by atomic mass is 10.1. The van der Waals surface area contributed by atoms with Crippen LogP contribution in [0.15, 0.2) is 218 Å². The lowest BCUT2D eigenvalue weighted by molar-refractivity contribution is 1.03. The summed E-state index contributed by atoms with van der Waals surface area (Å²) in [5.74, 6) is 1.80. The van der Waals surface area contributed by atoms with Crippen molar-refractivity contribution >= 4 is 65.4 Å². The molecule has 0 fully saturated rings. The highest BCUT2D eigenvalue weighted by Gasteiger charge is 2.28. The van der Waals surface area contributed by atoms with Crippen molar-refractivity contribution in [1.82, 2.24) is 28.7 Å². The van der Waals surface area contributed by atoms with Crippen LogP contribution in [0.4, 0.5) is 0 Å². The quantitative estimate of drug-likeness (QED) is 0.168. The molecular formula is C57H36N6. The van der Waals surface area contributed by atoms with Crippen molar-refractivity contribution in [1.29, 1.82) is 0 Å². The van der Waals surface area contributed by atoms with Crippen molar-refractivity contribution in [3.63, 3.8) is 0 Å². The van der Waals surface area contributed by atoms with Crippen LogP contribution in [0, 0.1) is 0 Å². The fraction of sp³-hybridized carbons (Fsp3) is 0. The molecule has 0 spiro atoms. The van der Waals surface area contributed by atoms with E-state index in [1.165, 1.54) is 32.3 Å². The highest BCUT2D eigenvalue weighted by Crippen LogP contribution is 2.46. The SMILES string of the molecule is c1ccc(-c2nc(-c3ccccc3)nc(-c3ccc(-n4c5ccccc5c5ccccc54)c(-n4c5ccccc5c5ccccc54)c3-n3c4ccccc4c4ccccc43)n2)cc1. The zero-order valence-corrected chi connectivity index (χ0v) is 34.0. The second-order valence-electron chi connectivity index (χ2n) is 16.0. The van der Waals surface area contributed by atoms with Crippen LogP contribution in [0.3, 0.4) is 0 Å². The Balaban J connectivity index is 1.28. The van der Waals surface area contributed by atoms with E-state index in [4.69, 9.17) is 15.0 Å². The average molecular weight is 805 g/mol. The number of para-hydroxylation sites is 6. The van der Waals surface area contributed by atoms with Crippen LogP contribution >= 0.6 is 0 Å². The summed E-state index contributed by atoms with van der Waals surface area (Å²) in [5.41, 5.74) is 12.3. The normalized spacial score (nSPS) is 11.8. The molecule has 0 aliphatic heterocycles. The highest BCUT2D eigenvalue weighted by molar-refractivity contribution is 6.14.